The van der Waals surface area contributed by atoms with Gasteiger partial charge >= 0.3 is 0 Å². The maximum absolute atomic E-state index is 17.1. The van der Waals surface area contributed by atoms with Crippen LogP contribution in [0.2, 0.25) is 0 Å². The van der Waals surface area contributed by atoms with Crippen LogP contribution >= 0.6 is 11.3 Å². The summed E-state index contributed by atoms with van der Waals surface area (Å²) in [5, 5.41) is 15.5. The molecular formula is C28H43FN8OS. The Balaban J connectivity index is 1.37. The van der Waals surface area contributed by atoms with Gasteiger partial charge in [-0.3, -0.25) is 5.32 Å². The minimum atomic E-state index is -1.81. The van der Waals surface area contributed by atoms with E-state index >= 15 is 4.39 Å². The van der Waals surface area contributed by atoms with Crippen LogP contribution in [0.15, 0.2) is 15.1 Å². The normalized spacial score (nSPS) is 33.0. The SMILES string of the molecule is Cc1nc(C(C)(F)C2=NC3NC(C4=NOCN4)=NC(N[C@H](C)C4CCC4)[C@@H]3N2C[C@H]2CC[C@H](C)CC2)c(C)s1. The molecule has 0 amide bonds. The van der Waals surface area contributed by atoms with E-state index in [4.69, 9.17) is 14.8 Å². The second kappa shape index (κ2) is 10.6. The van der Waals surface area contributed by atoms with Crippen molar-refractivity contribution in [1.82, 2.24) is 25.8 Å². The van der Waals surface area contributed by atoms with Gasteiger partial charge in [-0.25, -0.2) is 19.4 Å². The summed E-state index contributed by atoms with van der Waals surface area (Å²) in [6, 6.07) is 0.160. The van der Waals surface area contributed by atoms with Gasteiger partial charge in [-0.1, -0.05) is 31.3 Å². The fourth-order valence-electron chi connectivity index (χ4n) is 6.87. The van der Waals surface area contributed by atoms with Crippen molar-refractivity contribution in [3.8, 4) is 0 Å². The highest BCUT2D eigenvalue weighted by Gasteiger charge is 2.53. The van der Waals surface area contributed by atoms with E-state index in [-0.39, 0.29) is 18.4 Å². The molecule has 1 aromatic heterocycles. The number of fused-ring (bicyclic) bond motifs is 1. The highest BCUT2D eigenvalue weighted by Crippen LogP contribution is 2.40. The van der Waals surface area contributed by atoms with Crippen LogP contribution in [0.5, 0.6) is 0 Å². The summed E-state index contributed by atoms with van der Waals surface area (Å²) in [6.45, 7) is 11.2. The van der Waals surface area contributed by atoms with Crippen LogP contribution in [0, 0.1) is 31.6 Å². The van der Waals surface area contributed by atoms with Gasteiger partial charge in [0.1, 0.15) is 24.2 Å². The van der Waals surface area contributed by atoms with Crippen LogP contribution in [0.1, 0.15) is 81.3 Å². The smallest absolute Gasteiger partial charge is 0.210 e. The number of hydrogen-bond donors (Lipinski definition) is 3. The van der Waals surface area contributed by atoms with E-state index in [1.807, 2.05) is 13.8 Å². The number of hydrogen-bond acceptors (Lipinski definition) is 10. The van der Waals surface area contributed by atoms with Gasteiger partial charge in [0, 0.05) is 17.5 Å². The van der Waals surface area contributed by atoms with E-state index in [0.29, 0.717) is 47.8 Å². The third kappa shape index (κ3) is 5.16. The molecule has 39 heavy (non-hydrogen) atoms. The largest absolute Gasteiger partial charge is 0.372 e. The highest BCUT2D eigenvalue weighted by atomic mass is 32.1. The van der Waals surface area contributed by atoms with Crippen molar-refractivity contribution in [2.45, 2.75) is 110 Å². The number of nitrogens with zero attached hydrogens (tertiary/aromatic N) is 5. The number of oxime groups is 1. The first-order valence-electron chi connectivity index (χ1n) is 14.7. The van der Waals surface area contributed by atoms with Crippen molar-refractivity contribution < 1.29 is 9.23 Å². The van der Waals surface area contributed by atoms with E-state index in [9.17, 15) is 0 Å². The molecule has 5 atom stereocenters. The Kier molecular flexibility index (Phi) is 7.33. The zero-order valence-electron chi connectivity index (χ0n) is 23.8. The highest BCUT2D eigenvalue weighted by molar-refractivity contribution is 7.11. The molecule has 214 valence electrons. The Bertz CT molecular complexity index is 1150. The number of rotatable bonds is 8. The third-order valence-electron chi connectivity index (χ3n) is 9.43. The number of amidine groups is 3. The summed E-state index contributed by atoms with van der Waals surface area (Å²) in [4.78, 5) is 23.2. The lowest BCUT2D eigenvalue weighted by molar-refractivity contribution is 0.138. The molecule has 4 heterocycles. The van der Waals surface area contributed by atoms with E-state index < -0.39 is 5.67 Å². The average Bonchev–Trinajstić information content (AvgIpc) is 3.59. The van der Waals surface area contributed by atoms with Crippen LogP contribution in [0.3, 0.4) is 0 Å². The second-order valence-electron chi connectivity index (χ2n) is 12.4. The van der Waals surface area contributed by atoms with Gasteiger partial charge in [0.05, 0.1) is 10.7 Å². The van der Waals surface area contributed by atoms with Gasteiger partial charge in [0.25, 0.3) is 0 Å². The fourth-order valence-corrected chi connectivity index (χ4v) is 7.79. The number of aromatic nitrogens is 1. The molecule has 0 saturated heterocycles. The minimum absolute atomic E-state index is 0.149. The molecule has 3 aliphatic heterocycles. The molecule has 6 rings (SSSR count). The topological polar surface area (TPSA) is 98.5 Å². The van der Waals surface area contributed by atoms with E-state index in [1.54, 1.807) is 18.3 Å². The lowest BCUT2D eigenvalue weighted by atomic mass is 9.80. The monoisotopic (exact) mass is 558 g/mol. The van der Waals surface area contributed by atoms with E-state index in [0.717, 1.165) is 35.2 Å². The molecule has 3 unspecified atom stereocenters. The Labute approximate surface area is 235 Å². The van der Waals surface area contributed by atoms with E-state index in [2.05, 4.69) is 44.8 Å². The molecule has 5 aliphatic rings. The molecule has 0 aromatic carbocycles. The molecule has 3 N–H and O–H groups in total. The van der Waals surface area contributed by atoms with Crippen LogP contribution < -0.4 is 16.0 Å². The quantitative estimate of drug-likeness (QED) is 0.443. The van der Waals surface area contributed by atoms with Gasteiger partial charge in [-0.2, -0.15) is 0 Å². The fraction of sp³-hybridized carbons (Fsp3) is 0.786. The lowest BCUT2D eigenvalue weighted by Gasteiger charge is -2.43. The maximum atomic E-state index is 17.1. The van der Waals surface area contributed by atoms with Gasteiger partial charge in [-0.05, 0) is 71.1 Å². The Morgan fingerprint density at radius 3 is 2.54 bits per heavy atom. The van der Waals surface area contributed by atoms with Crippen LogP contribution in [0.4, 0.5) is 4.39 Å². The number of halogens is 1. The van der Waals surface area contributed by atoms with Gasteiger partial charge in [0.15, 0.2) is 12.6 Å². The third-order valence-corrected chi connectivity index (χ3v) is 10.3. The number of alkyl halides is 1. The van der Waals surface area contributed by atoms with Crippen LogP contribution in [-0.4, -0.2) is 65.1 Å². The van der Waals surface area contributed by atoms with Gasteiger partial charge < -0.3 is 20.4 Å². The van der Waals surface area contributed by atoms with Crippen molar-refractivity contribution in [2.24, 2.45) is 32.9 Å². The van der Waals surface area contributed by atoms with Gasteiger partial charge in [0.2, 0.25) is 11.5 Å². The maximum Gasteiger partial charge on any atom is 0.210 e. The molecule has 2 saturated carbocycles. The Hall–Kier alpha value is -2.27. The number of thiazole rings is 1. The lowest BCUT2D eigenvalue weighted by Crippen LogP contribution is -2.64. The summed E-state index contributed by atoms with van der Waals surface area (Å²) in [7, 11) is 0. The summed E-state index contributed by atoms with van der Waals surface area (Å²) >= 11 is 1.54. The molecule has 11 heteroatoms. The molecule has 9 nitrogen and oxygen atoms in total. The van der Waals surface area contributed by atoms with Crippen LogP contribution in [-0.2, 0) is 10.5 Å². The Morgan fingerprint density at radius 2 is 1.92 bits per heavy atom. The zero-order chi connectivity index (χ0) is 27.3. The first kappa shape index (κ1) is 26.9. The van der Waals surface area contributed by atoms with Gasteiger partial charge in [-0.15, -0.1) is 11.3 Å². The summed E-state index contributed by atoms with van der Waals surface area (Å²) in [6.07, 6.45) is 7.92. The Morgan fingerprint density at radius 1 is 1.15 bits per heavy atom. The predicted octanol–water partition coefficient (Wildman–Crippen LogP) is 4.18. The van der Waals surface area contributed by atoms with Crippen molar-refractivity contribution >= 4 is 28.8 Å². The molecular weight excluding hydrogens is 515 g/mol. The first-order chi connectivity index (χ1) is 18.7. The summed E-state index contributed by atoms with van der Waals surface area (Å²) < 4.78 is 17.1. The number of nitrogens with one attached hydrogen (secondary N) is 3. The molecule has 0 spiro atoms. The number of aryl methyl sites for hydroxylation is 2. The molecule has 1 aromatic rings. The van der Waals surface area contributed by atoms with Crippen molar-refractivity contribution in [2.75, 3.05) is 13.3 Å². The summed E-state index contributed by atoms with van der Waals surface area (Å²) in [5.41, 5.74) is -1.33. The second-order valence-corrected chi connectivity index (χ2v) is 13.8. The number of aliphatic imine (C=N–C) groups is 2. The zero-order valence-corrected chi connectivity index (χ0v) is 24.7. The van der Waals surface area contributed by atoms with Crippen molar-refractivity contribution in [1.29, 1.82) is 0 Å². The van der Waals surface area contributed by atoms with Crippen molar-refractivity contribution in [3.63, 3.8) is 0 Å². The first-order valence-corrected chi connectivity index (χ1v) is 15.5. The standard InChI is InChI=1S/C28H43FN8OS/c1-15-9-11-19(12-10-15)13-37-21-23(31-16(2)20-7-6-8-20)33-26(25-30-14-38-36-25)34-24(21)35-27(37)28(5,29)22-17(3)39-18(4)32-22/h15-16,19-21,23-24,31H,6-14H2,1-5H3,(H,30,36)(H,33,34)/t15-,16-,19-,21+,23?,24?,28?/m1/s1. The molecule has 2 aliphatic carbocycles. The molecule has 2 fully saturated rings. The average molecular weight is 559 g/mol. The van der Waals surface area contributed by atoms with E-state index in [1.165, 1.54) is 32.1 Å². The van der Waals surface area contributed by atoms with Crippen LogP contribution in [0.25, 0.3) is 0 Å². The molecule has 0 bridgehead atoms. The summed E-state index contributed by atoms with van der Waals surface area (Å²) in [5.74, 6) is 3.56. The minimum Gasteiger partial charge on any atom is -0.372 e. The molecule has 0 radical (unpaired) electrons. The predicted molar refractivity (Wildman–Crippen MR) is 154 cm³/mol. The van der Waals surface area contributed by atoms with Crippen molar-refractivity contribution in [3.05, 3.63) is 15.6 Å².